The van der Waals surface area contributed by atoms with Crippen molar-refractivity contribution >= 4 is 23.3 Å². The van der Waals surface area contributed by atoms with Gasteiger partial charge in [-0.05, 0) is 24.3 Å². The number of alkyl halides is 3. The van der Waals surface area contributed by atoms with Crippen LogP contribution in [0.4, 0.5) is 33.5 Å². The standard InChI is InChI=1S/C21H19F5N4O2/c22-15-2-3-17(16(23)10-15)30-12-13(9-19(30)31)20(32)29-7-5-28(6-8-29)18-4-1-14(11-27-18)21(24,25)26/h1-4,10-11,13H,5-9,12H2. The molecule has 170 valence electrons. The molecule has 2 aromatic rings. The summed E-state index contributed by atoms with van der Waals surface area (Å²) in [7, 11) is 0. The molecule has 1 atom stereocenters. The van der Waals surface area contributed by atoms with E-state index in [1.165, 1.54) is 12.1 Å². The van der Waals surface area contributed by atoms with Gasteiger partial charge in [0.2, 0.25) is 11.8 Å². The third-order valence-electron chi connectivity index (χ3n) is 5.67. The highest BCUT2D eigenvalue weighted by Gasteiger charge is 2.39. The Balaban J connectivity index is 1.36. The van der Waals surface area contributed by atoms with Crippen LogP contribution < -0.4 is 9.80 Å². The minimum Gasteiger partial charge on any atom is -0.353 e. The smallest absolute Gasteiger partial charge is 0.353 e. The van der Waals surface area contributed by atoms with Crippen molar-refractivity contribution < 1.29 is 31.5 Å². The molecular formula is C21H19F5N4O2. The van der Waals surface area contributed by atoms with E-state index in [2.05, 4.69) is 4.98 Å². The summed E-state index contributed by atoms with van der Waals surface area (Å²) in [5, 5.41) is 0. The van der Waals surface area contributed by atoms with E-state index in [0.29, 0.717) is 38.1 Å². The molecule has 0 spiro atoms. The average molecular weight is 454 g/mol. The van der Waals surface area contributed by atoms with Crippen LogP contribution in [0.25, 0.3) is 0 Å². The molecule has 3 heterocycles. The Kier molecular flexibility index (Phi) is 5.74. The van der Waals surface area contributed by atoms with Crippen LogP contribution in [-0.2, 0) is 15.8 Å². The summed E-state index contributed by atoms with van der Waals surface area (Å²) < 4.78 is 65.3. The summed E-state index contributed by atoms with van der Waals surface area (Å²) in [5.74, 6) is -2.55. The van der Waals surface area contributed by atoms with Gasteiger partial charge in [0.1, 0.15) is 17.5 Å². The van der Waals surface area contributed by atoms with Gasteiger partial charge in [-0.15, -0.1) is 0 Å². The Labute approximate surface area is 180 Å². The van der Waals surface area contributed by atoms with E-state index in [9.17, 15) is 31.5 Å². The molecule has 0 aliphatic carbocycles. The van der Waals surface area contributed by atoms with E-state index in [0.717, 1.165) is 23.2 Å². The number of hydrogen-bond donors (Lipinski definition) is 0. The number of amides is 2. The molecule has 2 aliphatic heterocycles. The number of hydrogen-bond acceptors (Lipinski definition) is 4. The molecule has 2 fully saturated rings. The van der Waals surface area contributed by atoms with E-state index in [-0.39, 0.29) is 24.6 Å². The fourth-order valence-corrected chi connectivity index (χ4v) is 3.96. The molecule has 2 amide bonds. The van der Waals surface area contributed by atoms with Gasteiger partial charge in [-0.25, -0.2) is 13.8 Å². The quantitative estimate of drug-likeness (QED) is 0.669. The topological polar surface area (TPSA) is 56.8 Å². The normalized spacial score (nSPS) is 19.6. The molecule has 1 aromatic carbocycles. The Hall–Kier alpha value is -3.24. The third-order valence-corrected chi connectivity index (χ3v) is 5.67. The number of rotatable bonds is 3. The Morgan fingerprint density at radius 3 is 2.34 bits per heavy atom. The van der Waals surface area contributed by atoms with Gasteiger partial charge in [-0.2, -0.15) is 13.2 Å². The maximum absolute atomic E-state index is 14.0. The van der Waals surface area contributed by atoms with E-state index >= 15 is 0 Å². The number of carbonyl (C=O) groups excluding carboxylic acids is 2. The molecule has 1 aromatic heterocycles. The molecule has 1 unspecified atom stereocenters. The summed E-state index contributed by atoms with van der Waals surface area (Å²) >= 11 is 0. The lowest BCUT2D eigenvalue weighted by molar-refractivity contribution is -0.138. The molecule has 0 N–H and O–H groups in total. The largest absolute Gasteiger partial charge is 0.417 e. The molecule has 4 rings (SSSR count). The zero-order valence-corrected chi connectivity index (χ0v) is 16.8. The van der Waals surface area contributed by atoms with Crippen molar-refractivity contribution in [2.45, 2.75) is 12.6 Å². The highest BCUT2D eigenvalue weighted by atomic mass is 19.4. The van der Waals surface area contributed by atoms with Gasteiger partial charge in [0, 0.05) is 51.4 Å². The van der Waals surface area contributed by atoms with Crippen LogP contribution in [0.15, 0.2) is 36.5 Å². The highest BCUT2D eigenvalue weighted by molar-refractivity contribution is 6.00. The van der Waals surface area contributed by atoms with Gasteiger partial charge < -0.3 is 14.7 Å². The van der Waals surface area contributed by atoms with E-state index in [4.69, 9.17) is 0 Å². The van der Waals surface area contributed by atoms with Crippen molar-refractivity contribution in [1.82, 2.24) is 9.88 Å². The lowest BCUT2D eigenvalue weighted by atomic mass is 10.1. The molecule has 6 nitrogen and oxygen atoms in total. The number of halogens is 5. The molecule has 0 saturated carbocycles. The second kappa shape index (κ2) is 8.36. The number of aromatic nitrogens is 1. The minimum absolute atomic E-state index is 0.000886. The Morgan fingerprint density at radius 2 is 1.75 bits per heavy atom. The summed E-state index contributed by atoms with van der Waals surface area (Å²) in [4.78, 5) is 33.6. The van der Waals surface area contributed by atoms with Gasteiger partial charge in [0.05, 0.1) is 17.2 Å². The average Bonchev–Trinajstić information content (AvgIpc) is 3.14. The van der Waals surface area contributed by atoms with E-state index in [1.807, 2.05) is 0 Å². The summed E-state index contributed by atoms with van der Waals surface area (Å²) in [6, 6.07) is 5.17. The maximum Gasteiger partial charge on any atom is 0.417 e. The Morgan fingerprint density at radius 1 is 1.03 bits per heavy atom. The van der Waals surface area contributed by atoms with Gasteiger partial charge in [-0.1, -0.05) is 0 Å². The molecular weight excluding hydrogens is 435 g/mol. The van der Waals surface area contributed by atoms with Crippen LogP contribution in [0.1, 0.15) is 12.0 Å². The third kappa shape index (κ3) is 4.37. The molecule has 11 heteroatoms. The van der Waals surface area contributed by atoms with E-state index < -0.39 is 35.2 Å². The summed E-state index contributed by atoms with van der Waals surface area (Å²) in [6.07, 6.45) is -3.75. The zero-order chi connectivity index (χ0) is 23.0. The van der Waals surface area contributed by atoms with Gasteiger partial charge in [0.25, 0.3) is 0 Å². The molecule has 32 heavy (non-hydrogen) atoms. The van der Waals surface area contributed by atoms with Gasteiger partial charge in [-0.3, -0.25) is 9.59 Å². The van der Waals surface area contributed by atoms with Gasteiger partial charge in [0.15, 0.2) is 0 Å². The number of piperazine rings is 1. The molecule has 2 saturated heterocycles. The lowest BCUT2D eigenvalue weighted by Crippen LogP contribution is -2.51. The van der Waals surface area contributed by atoms with Crippen molar-refractivity contribution in [1.29, 1.82) is 0 Å². The zero-order valence-electron chi connectivity index (χ0n) is 16.8. The second-order valence-electron chi connectivity index (χ2n) is 7.72. The van der Waals surface area contributed by atoms with Crippen molar-refractivity contribution in [3.63, 3.8) is 0 Å². The predicted molar refractivity (Wildman–Crippen MR) is 105 cm³/mol. The first kappa shape index (κ1) is 22.0. The predicted octanol–water partition coefficient (Wildman–Crippen LogP) is 3.08. The SMILES string of the molecule is O=C(C1CC(=O)N(c2ccc(F)cc2F)C1)N1CCN(c2ccc(C(F)(F)F)cn2)CC1. The summed E-state index contributed by atoms with van der Waals surface area (Å²) in [5.41, 5.74) is -0.895. The molecule has 2 aliphatic rings. The number of anilines is 2. The Bertz CT molecular complexity index is 1020. The number of carbonyl (C=O) groups is 2. The monoisotopic (exact) mass is 454 g/mol. The molecule has 0 radical (unpaired) electrons. The maximum atomic E-state index is 14.0. The number of benzene rings is 1. The number of nitrogens with zero attached hydrogens (tertiary/aromatic N) is 4. The van der Waals surface area contributed by atoms with Crippen LogP contribution in [0.5, 0.6) is 0 Å². The van der Waals surface area contributed by atoms with Crippen LogP contribution >= 0.6 is 0 Å². The molecule has 0 bridgehead atoms. The van der Waals surface area contributed by atoms with Gasteiger partial charge >= 0.3 is 6.18 Å². The van der Waals surface area contributed by atoms with Crippen molar-refractivity contribution in [2.75, 3.05) is 42.5 Å². The van der Waals surface area contributed by atoms with Crippen molar-refractivity contribution in [3.05, 3.63) is 53.7 Å². The van der Waals surface area contributed by atoms with Crippen LogP contribution in [-0.4, -0.2) is 54.4 Å². The first-order valence-corrected chi connectivity index (χ1v) is 9.96. The highest BCUT2D eigenvalue weighted by Crippen LogP contribution is 2.31. The van der Waals surface area contributed by atoms with Crippen LogP contribution in [0.2, 0.25) is 0 Å². The summed E-state index contributed by atoms with van der Waals surface area (Å²) in [6.45, 7) is 1.39. The first-order chi connectivity index (χ1) is 15.1. The fourth-order valence-electron chi connectivity index (χ4n) is 3.96. The fraction of sp³-hybridized carbons (Fsp3) is 0.381. The van der Waals surface area contributed by atoms with Crippen LogP contribution in [0, 0.1) is 17.6 Å². The second-order valence-corrected chi connectivity index (χ2v) is 7.72. The first-order valence-electron chi connectivity index (χ1n) is 9.96. The number of pyridine rings is 1. The van der Waals surface area contributed by atoms with Crippen molar-refractivity contribution in [2.24, 2.45) is 5.92 Å². The van der Waals surface area contributed by atoms with Crippen molar-refractivity contribution in [3.8, 4) is 0 Å². The minimum atomic E-state index is -4.46. The van der Waals surface area contributed by atoms with Crippen LogP contribution in [0.3, 0.4) is 0 Å². The van der Waals surface area contributed by atoms with E-state index in [1.54, 1.807) is 9.80 Å². The lowest BCUT2D eigenvalue weighted by Gasteiger charge is -2.36.